The summed E-state index contributed by atoms with van der Waals surface area (Å²) < 4.78 is 1.13. The zero-order chi connectivity index (χ0) is 20.5. The smallest absolute Gasteiger partial charge is 0.254 e. The van der Waals surface area contributed by atoms with Crippen LogP contribution in [0.4, 0.5) is 0 Å². The Morgan fingerprint density at radius 3 is 2.47 bits per heavy atom. The number of rotatable bonds is 4. The molecular formula is C24H18N4OS. The van der Waals surface area contributed by atoms with Crippen LogP contribution < -0.4 is 0 Å². The monoisotopic (exact) mass is 410 g/mol. The van der Waals surface area contributed by atoms with Gasteiger partial charge in [-0.1, -0.05) is 30.3 Å². The third-order valence-electron chi connectivity index (χ3n) is 4.98. The summed E-state index contributed by atoms with van der Waals surface area (Å²) in [6.07, 6.45) is 3.46. The van der Waals surface area contributed by atoms with Gasteiger partial charge in [0, 0.05) is 30.4 Å². The lowest BCUT2D eigenvalue weighted by Crippen LogP contribution is -2.26. The molecule has 3 aromatic heterocycles. The second-order valence-electron chi connectivity index (χ2n) is 7.04. The summed E-state index contributed by atoms with van der Waals surface area (Å²) in [6.45, 7) is 0.458. The number of aromatic nitrogens is 3. The van der Waals surface area contributed by atoms with E-state index >= 15 is 0 Å². The minimum absolute atomic E-state index is 0.0526. The number of pyridine rings is 2. The van der Waals surface area contributed by atoms with E-state index in [0.29, 0.717) is 12.1 Å². The number of carbonyl (C=O) groups excluding carboxylic acids is 1. The molecule has 0 N–H and O–H groups in total. The molecule has 0 bridgehead atoms. The highest BCUT2D eigenvalue weighted by Crippen LogP contribution is 2.27. The Morgan fingerprint density at radius 1 is 0.933 bits per heavy atom. The number of amides is 1. The van der Waals surface area contributed by atoms with Crippen LogP contribution in [0.1, 0.15) is 15.4 Å². The lowest BCUT2D eigenvalue weighted by molar-refractivity contribution is 0.0787. The Balaban J connectivity index is 1.53. The molecule has 0 aliphatic carbocycles. The van der Waals surface area contributed by atoms with E-state index in [1.165, 1.54) is 0 Å². The van der Waals surface area contributed by atoms with Crippen LogP contribution in [-0.2, 0) is 6.54 Å². The van der Waals surface area contributed by atoms with Crippen LogP contribution in [0.2, 0.25) is 0 Å². The summed E-state index contributed by atoms with van der Waals surface area (Å²) in [5, 5.41) is 1.76. The van der Waals surface area contributed by atoms with Gasteiger partial charge in [0.15, 0.2) is 0 Å². The first-order valence-electron chi connectivity index (χ1n) is 9.59. The molecule has 3 heterocycles. The molecule has 6 heteroatoms. The van der Waals surface area contributed by atoms with E-state index < -0.39 is 0 Å². The lowest BCUT2D eigenvalue weighted by atomic mass is 10.0. The van der Waals surface area contributed by atoms with Gasteiger partial charge in [-0.15, -0.1) is 11.3 Å². The second kappa shape index (κ2) is 7.65. The van der Waals surface area contributed by atoms with Crippen LogP contribution in [0, 0.1) is 0 Å². The summed E-state index contributed by atoms with van der Waals surface area (Å²) in [6, 6.07) is 21.4. The number of benzene rings is 2. The van der Waals surface area contributed by atoms with Crippen LogP contribution in [-0.4, -0.2) is 32.8 Å². The molecule has 0 aliphatic rings. The molecule has 5 aromatic rings. The van der Waals surface area contributed by atoms with Crippen LogP contribution in [0.3, 0.4) is 0 Å². The molecule has 0 fully saturated rings. The first-order chi connectivity index (χ1) is 14.7. The van der Waals surface area contributed by atoms with E-state index in [0.717, 1.165) is 37.4 Å². The number of hydrogen-bond donors (Lipinski definition) is 0. The van der Waals surface area contributed by atoms with Crippen molar-refractivity contribution >= 4 is 38.4 Å². The van der Waals surface area contributed by atoms with Gasteiger partial charge in [0.05, 0.1) is 33.5 Å². The lowest BCUT2D eigenvalue weighted by Gasteiger charge is -2.17. The average Bonchev–Trinajstić information content (AvgIpc) is 3.20. The van der Waals surface area contributed by atoms with Crippen molar-refractivity contribution in [2.24, 2.45) is 0 Å². The van der Waals surface area contributed by atoms with Crippen LogP contribution in [0.5, 0.6) is 0 Å². The molecule has 0 spiro atoms. The van der Waals surface area contributed by atoms with Gasteiger partial charge in [0.2, 0.25) is 0 Å². The van der Waals surface area contributed by atoms with Crippen molar-refractivity contribution < 1.29 is 4.79 Å². The second-order valence-corrected chi connectivity index (χ2v) is 8.16. The number of fused-ring (bicyclic) bond motifs is 2. The average molecular weight is 411 g/mol. The zero-order valence-corrected chi connectivity index (χ0v) is 17.1. The SMILES string of the molecule is CN(Cc1nc2ccccc2s1)C(=O)c1cc(-c2ccncc2)nc2ccccc12. The fraction of sp³-hybridized carbons (Fsp3) is 0.0833. The first kappa shape index (κ1) is 18.4. The highest BCUT2D eigenvalue weighted by molar-refractivity contribution is 7.18. The molecule has 0 aliphatic heterocycles. The van der Waals surface area contributed by atoms with Gasteiger partial charge in [-0.3, -0.25) is 9.78 Å². The maximum atomic E-state index is 13.4. The molecule has 0 saturated heterocycles. The topological polar surface area (TPSA) is 59.0 Å². The normalized spacial score (nSPS) is 11.1. The van der Waals surface area contributed by atoms with Gasteiger partial charge < -0.3 is 4.90 Å². The Labute approximate surface area is 177 Å². The molecule has 30 heavy (non-hydrogen) atoms. The van der Waals surface area contributed by atoms with E-state index in [-0.39, 0.29) is 5.91 Å². The molecule has 0 radical (unpaired) electrons. The minimum atomic E-state index is -0.0526. The summed E-state index contributed by atoms with van der Waals surface area (Å²) in [7, 11) is 1.82. The van der Waals surface area contributed by atoms with Crippen molar-refractivity contribution in [3.05, 3.63) is 89.7 Å². The summed E-state index contributed by atoms with van der Waals surface area (Å²) in [4.78, 5) is 28.6. The standard InChI is InChI=1S/C24H18N4OS/c1-28(15-23-27-20-8-4-5-9-22(20)30-23)24(29)18-14-21(16-10-12-25-13-11-16)26-19-7-3-2-6-17(18)19/h2-14H,15H2,1H3. The van der Waals surface area contributed by atoms with E-state index in [4.69, 9.17) is 4.98 Å². The Hall–Kier alpha value is -3.64. The van der Waals surface area contributed by atoms with E-state index in [2.05, 4.69) is 16.0 Å². The fourth-order valence-corrected chi connectivity index (χ4v) is 4.51. The molecule has 0 unspecified atom stereocenters. The third-order valence-corrected chi connectivity index (χ3v) is 6.00. The number of hydrogen-bond acceptors (Lipinski definition) is 5. The van der Waals surface area contributed by atoms with Crippen molar-refractivity contribution in [3.63, 3.8) is 0 Å². The molecule has 5 nitrogen and oxygen atoms in total. The largest absolute Gasteiger partial charge is 0.335 e. The number of thiazole rings is 1. The predicted molar refractivity (Wildman–Crippen MR) is 120 cm³/mol. The van der Waals surface area contributed by atoms with Gasteiger partial charge in [0.25, 0.3) is 5.91 Å². The number of nitrogens with zero attached hydrogens (tertiary/aromatic N) is 4. The maximum absolute atomic E-state index is 13.4. The Morgan fingerprint density at radius 2 is 1.67 bits per heavy atom. The van der Waals surface area contributed by atoms with Gasteiger partial charge >= 0.3 is 0 Å². The van der Waals surface area contributed by atoms with Crippen molar-refractivity contribution in [1.29, 1.82) is 0 Å². The summed E-state index contributed by atoms with van der Waals surface area (Å²) >= 11 is 1.62. The fourth-order valence-electron chi connectivity index (χ4n) is 3.49. The zero-order valence-electron chi connectivity index (χ0n) is 16.3. The molecule has 1 amide bonds. The van der Waals surface area contributed by atoms with Crippen LogP contribution in [0.25, 0.3) is 32.4 Å². The molecule has 146 valence electrons. The highest BCUT2D eigenvalue weighted by Gasteiger charge is 2.19. The Kier molecular flexibility index (Phi) is 4.69. The quantitative estimate of drug-likeness (QED) is 0.410. The third kappa shape index (κ3) is 3.42. The number of carbonyl (C=O) groups is 1. The van der Waals surface area contributed by atoms with Crippen LogP contribution in [0.15, 0.2) is 79.1 Å². The van der Waals surface area contributed by atoms with E-state index in [1.807, 2.05) is 67.7 Å². The predicted octanol–water partition coefficient (Wildman–Crippen LogP) is 5.18. The molecular weight excluding hydrogens is 392 g/mol. The first-order valence-corrected chi connectivity index (χ1v) is 10.4. The maximum Gasteiger partial charge on any atom is 0.254 e. The molecule has 0 atom stereocenters. The van der Waals surface area contributed by atoms with E-state index in [1.54, 1.807) is 28.6 Å². The molecule has 2 aromatic carbocycles. The van der Waals surface area contributed by atoms with Crippen molar-refractivity contribution in [3.8, 4) is 11.3 Å². The van der Waals surface area contributed by atoms with Gasteiger partial charge in [0.1, 0.15) is 5.01 Å². The van der Waals surface area contributed by atoms with E-state index in [9.17, 15) is 4.79 Å². The highest BCUT2D eigenvalue weighted by atomic mass is 32.1. The van der Waals surface area contributed by atoms with Crippen molar-refractivity contribution in [2.75, 3.05) is 7.05 Å². The summed E-state index contributed by atoms with van der Waals surface area (Å²) in [5.74, 6) is -0.0526. The van der Waals surface area contributed by atoms with Crippen LogP contribution >= 0.6 is 11.3 Å². The number of para-hydroxylation sites is 2. The van der Waals surface area contributed by atoms with Gasteiger partial charge in [-0.2, -0.15) is 0 Å². The van der Waals surface area contributed by atoms with Gasteiger partial charge in [-0.25, -0.2) is 9.97 Å². The molecule has 0 saturated carbocycles. The Bertz CT molecular complexity index is 1330. The minimum Gasteiger partial charge on any atom is -0.335 e. The summed E-state index contributed by atoms with van der Waals surface area (Å²) in [5.41, 5.74) is 4.08. The van der Waals surface area contributed by atoms with Crippen molar-refractivity contribution in [2.45, 2.75) is 6.54 Å². The van der Waals surface area contributed by atoms with Gasteiger partial charge in [-0.05, 0) is 36.4 Å². The van der Waals surface area contributed by atoms with Crippen molar-refractivity contribution in [1.82, 2.24) is 19.9 Å². The molecule has 5 rings (SSSR count).